The highest BCUT2D eigenvalue weighted by Crippen LogP contribution is 2.41. The zero-order valence-electron chi connectivity index (χ0n) is 20.4. The van der Waals surface area contributed by atoms with Crippen molar-refractivity contribution in [3.8, 4) is 0 Å². The Morgan fingerprint density at radius 1 is 1.05 bits per heavy atom. The molecule has 1 aliphatic heterocycles. The van der Waals surface area contributed by atoms with Gasteiger partial charge in [0.15, 0.2) is 4.80 Å². The Kier molecular flexibility index (Phi) is 6.18. The predicted octanol–water partition coefficient (Wildman–Crippen LogP) is 4.83. The van der Waals surface area contributed by atoms with E-state index in [1.807, 2.05) is 22.8 Å². The van der Waals surface area contributed by atoms with Gasteiger partial charge in [-0.15, -0.1) is 11.8 Å². The molecule has 2 aliphatic rings. The minimum absolute atomic E-state index is 0.0508. The van der Waals surface area contributed by atoms with Crippen molar-refractivity contribution in [3.63, 3.8) is 0 Å². The number of esters is 1. The summed E-state index contributed by atoms with van der Waals surface area (Å²) < 4.78 is 7.27. The number of benzene rings is 3. The fourth-order valence-electron chi connectivity index (χ4n) is 5.09. The summed E-state index contributed by atoms with van der Waals surface area (Å²) in [5, 5.41) is 0. The molecular weight excluding hydrogens is 500 g/mol. The van der Waals surface area contributed by atoms with E-state index < -0.39 is 0 Å². The van der Waals surface area contributed by atoms with Crippen LogP contribution in [0, 0.1) is 0 Å². The summed E-state index contributed by atoms with van der Waals surface area (Å²) in [7, 11) is 1.36. The lowest BCUT2D eigenvalue weighted by Gasteiger charge is -2.30. The predicted molar refractivity (Wildman–Crippen MR) is 149 cm³/mol. The number of ether oxygens (including phenoxy) is 1. The number of carbonyl (C=O) groups is 1. The number of aromatic nitrogens is 1. The molecular formula is C30H24N2O3S2. The van der Waals surface area contributed by atoms with Crippen LogP contribution in [-0.2, 0) is 11.2 Å². The molecule has 3 aromatic carbocycles. The highest BCUT2D eigenvalue weighted by atomic mass is 32.2. The lowest BCUT2D eigenvalue weighted by atomic mass is 9.83. The molecule has 0 radical (unpaired) electrons. The van der Waals surface area contributed by atoms with Gasteiger partial charge in [-0.25, -0.2) is 9.79 Å². The Hall–Kier alpha value is -3.68. The van der Waals surface area contributed by atoms with Crippen molar-refractivity contribution < 1.29 is 9.53 Å². The number of thioether (sulfide) groups is 1. The van der Waals surface area contributed by atoms with Crippen LogP contribution < -0.4 is 14.9 Å². The molecule has 0 saturated carbocycles. The van der Waals surface area contributed by atoms with Gasteiger partial charge in [-0.3, -0.25) is 9.36 Å². The van der Waals surface area contributed by atoms with Crippen molar-refractivity contribution in [2.24, 2.45) is 4.99 Å². The number of carbonyl (C=O) groups excluding carboxylic acids is 1. The summed E-state index contributed by atoms with van der Waals surface area (Å²) in [6, 6.07) is 23.8. The van der Waals surface area contributed by atoms with Gasteiger partial charge in [0, 0.05) is 10.5 Å². The number of allylic oxidation sites excluding steroid dienone is 1. The third kappa shape index (κ3) is 4.18. The first-order chi connectivity index (χ1) is 18.1. The van der Waals surface area contributed by atoms with Gasteiger partial charge < -0.3 is 4.74 Å². The molecule has 0 spiro atoms. The summed E-state index contributed by atoms with van der Waals surface area (Å²) in [4.78, 5) is 32.6. The van der Waals surface area contributed by atoms with Crippen LogP contribution in [0.25, 0.3) is 11.8 Å². The second-order valence-corrected chi connectivity index (χ2v) is 10.9. The fourth-order valence-corrected chi connectivity index (χ4v) is 6.50. The SMILES string of the molecule is COC(=O)c1ccc(/C=c2/sc3n(c2=O)C(c2ccc(SC)cc2)C2=C(N=3)c3ccccc3CC2)cc1. The molecule has 1 aromatic heterocycles. The third-order valence-corrected chi connectivity index (χ3v) is 8.66. The molecule has 5 nitrogen and oxygen atoms in total. The quantitative estimate of drug-likeness (QED) is 0.284. The molecule has 2 heterocycles. The normalized spacial score (nSPS) is 16.5. The van der Waals surface area contributed by atoms with Crippen molar-refractivity contribution in [2.45, 2.75) is 23.8 Å². The van der Waals surface area contributed by atoms with Crippen LogP contribution in [0.2, 0.25) is 0 Å². The van der Waals surface area contributed by atoms with E-state index in [1.165, 1.54) is 34.5 Å². The van der Waals surface area contributed by atoms with Crippen LogP contribution in [-0.4, -0.2) is 23.9 Å². The maximum absolute atomic E-state index is 13.8. The number of rotatable bonds is 4. The minimum Gasteiger partial charge on any atom is -0.465 e. The van der Waals surface area contributed by atoms with E-state index in [-0.39, 0.29) is 17.6 Å². The number of hydrogen-bond donors (Lipinski definition) is 0. The molecule has 1 atom stereocenters. The molecule has 1 unspecified atom stereocenters. The highest BCUT2D eigenvalue weighted by molar-refractivity contribution is 7.98. The monoisotopic (exact) mass is 524 g/mol. The topological polar surface area (TPSA) is 60.7 Å². The summed E-state index contributed by atoms with van der Waals surface area (Å²) in [5.41, 5.74) is 7.00. The van der Waals surface area contributed by atoms with Crippen molar-refractivity contribution >= 4 is 40.8 Å². The molecule has 6 rings (SSSR count). The van der Waals surface area contributed by atoms with Crippen LogP contribution in [0.5, 0.6) is 0 Å². The van der Waals surface area contributed by atoms with Crippen LogP contribution in [0.3, 0.4) is 0 Å². The minimum atomic E-state index is -0.385. The standard InChI is InChI=1S/C30H24N2O3S2/c1-35-29(34)21-9-7-18(8-10-21)17-25-28(33)32-27(20-11-14-22(36-2)15-12-20)24-16-13-19-5-3-4-6-23(19)26(24)31-30(32)37-25/h3-12,14-15,17,27H,13,16H2,1-2H3/b25-17+. The van der Waals surface area contributed by atoms with Gasteiger partial charge >= 0.3 is 5.97 Å². The first-order valence-electron chi connectivity index (χ1n) is 12.0. The van der Waals surface area contributed by atoms with Crippen molar-refractivity contribution in [3.05, 3.63) is 126 Å². The number of thiazole rings is 1. The number of methoxy groups -OCH3 is 1. The second-order valence-electron chi connectivity index (χ2n) is 9.00. The smallest absolute Gasteiger partial charge is 0.337 e. The molecule has 0 N–H and O–H groups in total. The summed E-state index contributed by atoms with van der Waals surface area (Å²) in [5.74, 6) is -0.385. The number of aryl methyl sites for hydroxylation is 1. The Morgan fingerprint density at radius 3 is 2.54 bits per heavy atom. The van der Waals surface area contributed by atoms with E-state index in [4.69, 9.17) is 9.73 Å². The van der Waals surface area contributed by atoms with E-state index in [0.717, 1.165) is 35.2 Å². The van der Waals surface area contributed by atoms with Crippen LogP contribution in [0.1, 0.15) is 45.1 Å². The van der Waals surface area contributed by atoms with Gasteiger partial charge in [-0.1, -0.05) is 59.9 Å². The van der Waals surface area contributed by atoms with Gasteiger partial charge in [0.1, 0.15) is 0 Å². The Labute approximate surface area is 222 Å². The van der Waals surface area contributed by atoms with E-state index in [9.17, 15) is 9.59 Å². The summed E-state index contributed by atoms with van der Waals surface area (Å²) in [6.45, 7) is 0. The molecule has 0 amide bonds. The van der Waals surface area contributed by atoms with E-state index >= 15 is 0 Å². The van der Waals surface area contributed by atoms with Crippen molar-refractivity contribution in [2.75, 3.05) is 13.4 Å². The van der Waals surface area contributed by atoms with Gasteiger partial charge in [-0.2, -0.15) is 0 Å². The Morgan fingerprint density at radius 2 is 1.81 bits per heavy atom. The van der Waals surface area contributed by atoms with E-state index in [0.29, 0.717) is 14.9 Å². The molecule has 7 heteroatoms. The van der Waals surface area contributed by atoms with Gasteiger partial charge in [0.05, 0.1) is 28.9 Å². The maximum Gasteiger partial charge on any atom is 0.337 e. The van der Waals surface area contributed by atoms with Gasteiger partial charge in [-0.05, 0) is 71.7 Å². The number of fused-ring (bicyclic) bond motifs is 3. The maximum atomic E-state index is 13.8. The average Bonchev–Trinajstić information content (AvgIpc) is 3.26. The summed E-state index contributed by atoms with van der Waals surface area (Å²) in [6.07, 6.45) is 5.73. The van der Waals surface area contributed by atoms with Crippen molar-refractivity contribution in [1.29, 1.82) is 0 Å². The average molecular weight is 525 g/mol. The van der Waals surface area contributed by atoms with E-state index in [2.05, 4.69) is 54.8 Å². The molecule has 1 aliphatic carbocycles. The highest BCUT2D eigenvalue weighted by Gasteiger charge is 2.32. The summed E-state index contributed by atoms with van der Waals surface area (Å²) >= 11 is 3.11. The van der Waals surface area contributed by atoms with E-state index in [1.54, 1.807) is 23.9 Å². The molecule has 184 valence electrons. The first-order valence-corrected chi connectivity index (χ1v) is 14.1. The lowest BCUT2D eigenvalue weighted by Crippen LogP contribution is -2.38. The largest absolute Gasteiger partial charge is 0.465 e. The molecule has 37 heavy (non-hydrogen) atoms. The Bertz CT molecular complexity index is 1730. The van der Waals surface area contributed by atoms with Crippen LogP contribution in [0.15, 0.2) is 93.1 Å². The van der Waals surface area contributed by atoms with Crippen LogP contribution in [0.4, 0.5) is 0 Å². The van der Waals surface area contributed by atoms with Crippen LogP contribution >= 0.6 is 23.1 Å². The fraction of sp³-hybridized carbons (Fsp3) is 0.167. The second kappa shape index (κ2) is 9.65. The third-order valence-electron chi connectivity index (χ3n) is 6.93. The molecule has 0 bridgehead atoms. The molecule has 0 saturated heterocycles. The zero-order valence-corrected chi connectivity index (χ0v) is 22.1. The van der Waals surface area contributed by atoms with Gasteiger partial charge in [0.25, 0.3) is 5.56 Å². The first kappa shape index (κ1) is 23.7. The Balaban J connectivity index is 1.54. The number of nitrogens with zero attached hydrogens (tertiary/aromatic N) is 2. The zero-order chi connectivity index (χ0) is 25.5. The van der Waals surface area contributed by atoms with Crippen molar-refractivity contribution in [1.82, 2.24) is 4.57 Å². The van der Waals surface area contributed by atoms with Gasteiger partial charge in [0.2, 0.25) is 0 Å². The molecule has 4 aromatic rings. The molecule has 0 fully saturated rings. The number of hydrogen-bond acceptors (Lipinski definition) is 6. The lowest BCUT2D eigenvalue weighted by molar-refractivity contribution is 0.0600.